The highest BCUT2D eigenvalue weighted by atomic mass is 16.2. The van der Waals surface area contributed by atoms with Crippen LogP contribution in [0.4, 0.5) is 0 Å². The fraction of sp³-hybridized carbons (Fsp3) is 0.562. The highest BCUT2D eigenvalue weighted by Gasteiger charge is 2.36. The first-order chi connectivity index (χ1) is 10.2. The number of nitrogens with one attached hydrogen (secondary N) is 1. The van der Waals surface area contributed by atoms with Gasteiger partial charge in [0.2, 0.25) is 5.91 Å². The molecule has 4 rings (SSSR count). The van der Waals surface area contributed by atoms with E-state index in [0.717, 1.165) is 24.1 Å². The molecule has 21 heavy (non-hydrogen) atoms. The Bertz CT molecular complexity index is 587. The standard InChI is InChI=1S/C16H19N3O2/c20-15(11-3-4-11)18-13-8-19(9-13)16(21)12-5-6-17-14(7-12)10-1-2-10/h5-7,10-11,13H,1-4,8-9H2,(H,18,20). The molecule has 2 heterocycles. The lowest BCUT2D eigenvalue weighted by Gasteiger charge is -2.39. The topological polar surface area (TPSA) is 62.3 Å². The number of hydrogen-bond acceptors (Lipinski definition) is 3. The van der Waals surface area contributed by atoms with Crippen LogP contribution in [0.25, 0.3) is 0 Å². The van der Waals surface area contributed by atoms with E-state index in [2.05, 4.69) is 10.3 Å². The second kappa shape index (κ2) is 4.83. The van der Waals surface area contributed by atoms with Crippen LogP contribution < -0.4 is 5.32 Å². The van der Waals surface area contributed by atoms with Gasteiger partial charge >= 0.3 is 0 Å². The average molecular weight is 285 g/mol. The molecule has 0 aromatic carbocycles. The number of amides is 2. The van der Waals surface area contributed by atoms with E-state index >= 15 is 0 Å². The molecule has 1 aliphatic heterocycles. The first-order valence-electron chi connectivity index (χ1n) is 7.76. The smallest absolute Gasteiger partial charge is 0.254 e. The lowest BCUT2D eigenvalue weighted by Crippen LogP contribution is -2.61. The van der Waals surface area contributed by atoms with Gasteiger partial charge in [-0.2, -0.15) is 0 Å². The number of carbonyl (C=O) groups excluding carboxylic acids is 2. The molecular formula is C16H19N3O2. The molecule has 1 saturated heterocycles. The molecule has 0 atom stereocenters. The maximum absolute atomic E-state index is 12.4. The van der Waals surface area contributed by atoms with Crippen molar-refractivity contribution in [3.8, 4) is 0 Å². The van der Waals surface area contributed by atoms with Crippen LogP contribution in [0, 0.1) is 5.92 Å². The number of likely N-dealkylation sites (tertiary alicyclic amines) is 1. The molecule has 2 aliphatic carbocycles. The third-order valence-electron chi connectivity index (χ3n) is 4.49. The van der Waals surface area contributed by atoms with Crippen LogP contribution in [0.1, 0.15) is 47.7 Å². The maximum atomic E-state index is 12.4. The van der Waals surface area contributed by atoms with Crippen LogP contribution in [-0.4, -0.2) is 40.8 Å². The molecule has 2 amide bonds. The Morgan fingerprint density at radius 3 is 2.62 bits per heavy atom. The van der Waals surface area contributed by atoms with Gasteiger partial charge in [-0.3, -0.25) is 14.6 Å². The Hall–Kier alpha value is -1.91. The lowest BCUT2D eigenvalue weighted by atomic mass is 10.1. The first-order valence-corrected chi connectivity index (χ1v) is 7.76. The quantitative estimate of drug-likeness (QED) is 0.907. The van der Waals surface area contributed by atoms with E-state index in [4.69, 9.17) is 0 Å². The Morgan fingerprint density at radius 2 is 1.95 bits per heavy atom. The van der Waals surface area contributed by atoms with Gasteiger partial charge in [-0.15, -0.1) is 0 Å². The van der Waals surface area contributed by atoms with Crippen LogP contribution in [0.2, 0.25) is 0 Å². The summed E-state index contributed by atoms with van der Waals surface area (Å²) in [6, 6.07) is 3.84. The highest BCUT2D eigenvalue weighted by Crippen LogP contribution is 2.39. The minimum atomic E-state index is 0.0521. The first kappa shape index (κ1) is 12.8. The SMILES string of the molecule is O=C(NC1CN(C(=O)c2ccnc(C3CC3)c2)C1)C1CC1. The summed E-state index contributed by atoms with van der Waals surface area (Å²) in [6.07, 6.45) is 6.13. The van der Waals surface area contributed by atoms with Crippen LogP contribution in [-0.2, 0) is 4.79 Å². The number of carbonyl (C=O) groups is 2. The van der Waals surface area contributed by atoms with Crippen molar-refractivity contribution in [2.75, 3.05) is 13.1 Å². The Morgan fingerprint density at radius 1 is 1.19 bits per heavy atom. The Kier molecular flexibility index (Phi) is 2.94. The van der Waals surface area contributed by atoms with E-state index < -0.39 is 0 Å². The zero-order chi connectivity index (χ0) is 14.4. The van der Waals surface area contributed by atoms with Crippen molar-refractivity contribution < 1.29 is 9.59 Å². The summed E-state index contributed by atoms with van der Waals surface area (Å²) in [4.78, 5) is 30.2. The number of nitrogens with zero attached hydrogens (tertiary/aromatic N) is 2. The Balaban J connectivity index is 1.33. The maximum Gasteiger partial charge on any atom is 0.254 e. The predicted octanol–water partition coefficient (Wildman–Crippen LogP) is 1.31. The van der Waals surface area contributed by atoms with E-state index in [9.17, 15) is 9.59 Å². The molecule has 1 N–H and O–H groups in total. The molecule has 110 valence electrons. The molecule has 5 nitrogen and oxygen atoms in total. The Labute approximate surface area is 123 Å². The largest absolute Gasteiger partial charge is 0.350 e. The average Bonchev–Trinajstić information content (AvgIpc) is 3.32. The summed E-state index contributed by atoms with van der Waals surface area (Å²) in [5.41, 5.74) is 1.76. The molecule has 0 spiro atoms. The van der Waals surface area contributed by atoms with Crippen molar-refractivity contribution in [2.24, 2.45) is 5.92 Å². The van der Waals surface area contributed by atoms with Crippen LogP contribution in [0.15, 0.2) is 18.3 Å². The summed E-state index contributed by atoms with van der Waals surface area (Å²) in [5, 5.41) is 3.01. The normalized spacial score (nSPS) is 21.8. The molecule has 0 unspecified atom stereocenters. The zero-order valence-corrected chi connectivity index (χ0v) is 11.9. The van der Waals surface area contributed by atoms with Gasteiger partial charge in [0.1, 0.15) is 0 Å². The van der Waals surface area contributed by atoms with Gasteiger partial charge in [0.15, 0.2) is 0 Å². The van der Waals surface area contributed by atoms with E-state index in [1.807, 2.05) is 6.07 Å². The van der Waals surface area contributed by atoms with Crippen molar-refractivity contribution in [2.45, 2.75) is 37.6 Å². The van der Waals surface area contributed by atoms with Crippen LogP contribution in [0.3, 0.4) is 0 Å². The zero-order valence-electron chi connectivity index (χ0n) is 11.9. The van der Waals surface area contributed by atoms with E-state index in [-0.39, 0.29) is 23.8 Å². The summed E-state index contributed by atoms with van der Waals surface area (Å²) >= 11 is 0. The summed E-state index contributed by atoms with van der Waals surface area (Å²) in [6.45, 7) is 1.25. The molecular weight excluding hydrogens is 266 g/mol. The number of hydrogen-bond donors (Lipinski definition) is 1. The molecule has 1 aromatic rings. The van der Waals surface area contributed by atoms with E-state index in [1.165, 1.54) is 12.8 Å². The minimum Gasteiger partial charge on any atom is -0.350 e. The van der Waals surface area contributed by atoms with Gasteiger partial charge in [-0.1, -0.05) is 0 Å². The van der Waals surface area contributed by atoms with Gasteiger partial charge in [0.05, 0.1) is 6.04 Å². The fourth-order valence-electron chi connectivity index (χ4n) is 2.77. The van der Waals surface area contributed by atoms with Crippen molar-refractivity contribution in [3.05, 3.63) is 29.6 Å². The van der Waals surface area contributed by atoms with Crippen LogP contribution in [0.5, 0.6) is 0 Å². The van der Waals surface area contributed by atoms with Gasteiger partial charge < -0.3 is 10.2 Å². The van der Waals surface area contributed by atoms with Crippen molar-refractivity contribution >= 4 is 11.8 Å². The van der Waals surface area contributed by atoms with Crippen LogP contribution >= 0.6 is 0 Å². The predicted molar refractivity (Wildman–Crippen MR) is 76.8 cm³/mol. The van der Waals surface area contributed by atoms with E-state index in [0.29, 0.717) is 19.0 Å². The van der Waals surface area contributed by atoms with Gasteiger partial charge in [0, 0.05) is 42.4 Å². The fourth-order valence-corrected chi connectivity index (χ4v) is 2.77. The number of rotatable bonds is 4. The minimum absolute atomic E-state index is 0.0521. The molecule has 2 saturated carbocycles. The van der Waals surface area contributed by atoms with Crippen molar-refractivity contribution in [3.63, 3.8) is 0 Å². The van der Waals surface area contributed by atoms with E-state index in [1.54, 1.807) is 17.2 Å². The second-order valence-electron chi connectivity index (χ2n) is 6.43. The highest BCUT2D eigenvalue weighted by molar-refractivity contribution is 5.95. The molecule has 3 aliphatic rings. The lowest BCUT2D eigenvalue weighted by molar-refractivity contribution is -0.123. The van der Waals surface area contributed by atoms with Gasteiger partial charge in [-0.05, 0) is 37.8 Å². The van der Waals surface area contributed by atoms with Gasteiger partial charge in [-0.25, -0.2) is 0 Å². The monoisotopic (exact) mass is 285 g/mol. The molecule has 5 heteroatoms. The summed E-state index contributed by atoms with van der Waals surface area (Å²) in [5.74, 6) is 0.999. The van der Waals surface area contributed by atoms with Crippen molar-refractivity contribution in [1.29, 1.82) is 0 Å². The summed E-state index contributed by atoms with van der Waals surface area (Å²) in [7, 11) is 0. The number of aromatic nitrogens is 1. The van der Waals surface area contributed by atoms with Gasteiger partial charge in [0.25, 0.3) is 5.91 Å². The van der Waals surface area contributed by atoms with Crippen molar-refractivity contribution in [1.82, 2.24) is 15.2 Å². The molecule has 0 radical (unpaired) electrons. The molecule has 3 fully saturated rings. The second-order valence-corrected chi connectivity index (χ2v) is 6.43. The third kappa shape index (κ3) is 2.64. The molecule has 1 aromatic heterocycles. The third-order valence-corrected chi connectivity index (χ3v) is 4.49. The molecule has 0 bridgehead atoms. The summed E-state index contributed by atoms with van der Waals surface area (Å²) < 4.78 is 0. The number of pyridine rings is 1.